The fourth-order valence-electron chi connectivity index (χ4n) is 1.64. The fraction of sp³-hybridized carbons (Fsp3) is 0.462. The molecule has 0 aliphatic heterocycles. The number of nitrogens with two attached hydrogens (primary N) is 1. The third kappa shape index (κ3) is 4.01. The summed E-state index contributed by atoms with van der Waals surface area (Å²) in [6, 6.07) is 3.37. The van der Waals surface area contributed by atoms with Crippen LogP contribution in [0.4, 0.5) is 0 Å². The number of hydrogen-bond donors (Lipinski definition) is 1. The number of halogens is 1. The number of esters is 1. The lowest BCUT2D eigenvalue weighted by Gasteiger charge is -2.18. The normalized spacial score (nSPS) is 11.8. The SMILES string of the molecule is COC(=O)C(C)Oc1c(CCN)cc(Cl)cc1OC. The Kier molecular flexibility index (Phi) is 5.92. The topological polar surface area (TPSA) is 70.8 Å². The number of ether oxygens (including phenoxy) is 3. The molecule has 1 aromatic carbocycles. The van der Waals surface area contributed by atoms with Gasteiger partial charge in [-0.2, -0.15) is 0 Å². The van der Waals surface area contributed by atoms with Crippen molar-refractivity contribution in [2.24, 2.45) is 5.73 Å². The molecule has 0 amide bonds. The van der Waals surface area contributed by atoms with E-state index in [0.29, 0.717) is 29.5 Å². The highest BCUT2D eigenvalue weighted by Gasteiger charge is 2.20. The van der Waals surface area contributed by atoms with E-state index in [1.165, 1.54) is 14.2 Å². The summed E-state index contributed by atoms with van der Waals surface area (Å²) in [5, 5.41) is 0.526. The number of benzene rings is 1. The molecule has 0 saturated heterocycles. The zero-order chi connectivity index (χ0) is 14.4. The van der Waals surface area contributed by atoms with Crippen LogP contribution >= 0.6 is 11.6 Å². The van der Waals surface area contributed by atoms with E-state index in [1.807, 2.05) is 0 Å². The molecule has 0 spiro atoms. The first-order chi connectivity index (χ1) is 9.03. The van der Waals surface area contributed by atoms with Crippen LogP contribution < -0.4 is 15.2 Å². The minimum Gasteiger partial charge on any atom is -0.493 e. The molecule has 5 nitrogen and oxygen atoms in total. The van der Waals surface area contributed by atoms with Gasteiger partial charge in [0.2, 0.25) is 0 Å². The van der Waals surface area contributed by atoms with Crippen molar-refractivity contribution in [2.75, 3.05) is 20.8 Å². The van der Waals surface area contributed by atoms with Crippen LogP contribution in [0, 0.1) is 0 Å². The first kappa shape index (κ1) is 15.6. The van der Waals surface area contributed by atoms with E-state index in [0.717, 1.165) is 5.56 Å². The van der Waals surface area contributed by atoms with Crippen molar-refractivity contribution in [1.82, 2.24) is 0 Å². The predicted molar refractivity (Wildman–Crippen MR) is 72.9 cm³/mol. The zero-order valence-electron chi connectivity index (χ0n) is 11.2. The maximum absolute atomic E-state index is 11.4. The number of hydrogen-bond acceptors (Lipinski definition) is 5. The van der Waals surface area contributed by atoms with Crippen LogP contribution in [0.3, 0.4) is 0 Å². The van der Waals surface area contributed by atoms with Crippen molar-refractivity contribution in [3.63, 3.8) is 0 Å². The van der Waals surface area contributed by atoms with E-state index < -0.39 is 12.1 Å². The smallest absolute Gasteiger partial charge is 0.346 e. The molecule has 0 bridgehead atoms. The van der Waals surface area contributed by atoms with Gasteiger partial charge in [0, 0.05) is 16.7 Å². The second-order valence-corrected chi connectivity index (χ2v) is 4.35. The van der Waals surface area contributed by atoms with Gasteiger partial charge < -0.3 is 19.9 Å². The summed E-state index contributed by atoms with van der Waals surface area (Å²) in [7, 11) is 2.82. The Hall–Kier alpha value is -1.46. The summed E-state index contributed by atoms with van der Waals surface area (Å²) in [5.74, 6) is 0.470. The maximum atomic E-state index is 11.4. The van der Waals surface area contributed by atoms with E-state index >= 15 is 0 Å². The molecular formula is C13H18ClNO4. The molecule has 1 atom stereocenters. The minimum atomic E-state index is -0.739. The summed E-state index contributed by atoms with van der Waals surface area (Å²) in [5.41, 5.74) is 6.35. The van der Waals surface area contributed by atoms with Crippen LogP contribution in [-0.2, 0) is 16.0 Å². The highest BCUT2D eigenvalue weighted by atomic mass is 35.5. The molecule has 1 aromatic rings. The molecule has 0 fully saturated rings. The third-order valence-electron chi connectivity index (χ3n) is 2.56. The molecule has 1 rings (SSSR count). The highest BCUT2D eigenvalue weighted by Crippen LogP contribution is 2.35. The number of carbonyl (C=O) groups is 1. The molecule has 0 saturated carbocycles. The van der Waals surface area contributed by atoms with Gasteiger partial charge in [0.25, 0.3) is 0 Å². The maximum Gasteiger partial charge on any atom is 0.346 e. The van der Waals surface area contributed by atoms with Gasteiger partial charge in [-0.05, 0) is 26.0 Å². The molecule has 0 aliphatic carbocycles. The van der Waals surface area contributed by atoms with Crippen molar-refractivity contribution < 1.29 is 19.0 Å². The van der Waals surface area contributed by atoms with Gasteiger partial charge in [0.05, 0.1) is 14.2 Å². The van der Waals surface area contributed by atoms with Crippen molar-refractivity contribution in [3.05, 3.63) is 22.7 Å². The standard InChI is InChI=1S/C13H18ClNO4/c1-8(13(16)18-3)19-12-9(4-5-15)6-10(14)7-11(12)17-2/h6-8H,4-5,15H2,1-3H3. The van der Waals surface area contributed by atoms with Crippen LogP contribution in [0.5, 0.6) is 11.5 Å². The van der Waals surface area contributed by atoms with Gasteiger partial charge in [-0.1, -0.05) is 11.6 Å². The Morgan fingerprint density at radius 2 is 2.11 bits per heavy atom. The third-order valence-corrected chi connectivity index (χ3v) is 2.78. The second-order valence-electron chi connectivity index (χ2n) is 3.92. The summed E-state index contributed by atoms with van der Waals surface area (Å²) in [6.07, 6.45) is -0.170. The predicted octanol–water partition coefficient (Wildman–Crippen LogP) is 1.79. The fourth-order valence-corrected chi connectivity index (χ4v) is 1.87. The number of carbonyl (C=O) groups excluding carboxylic acids is 1. The van der Waals surface area contributed by atoms with Crippen LogP contribution in [0.25, 0.3) is 0 Å². The molecule has 0 aromatic heterocycles. The van der Waals surface area contributed by atoms with Crippen LogP contribution in [0.15, 0.2) is 12.1 Å². The highest BCUT2D eigenvalue weighted by molar-refractivity contribution is 6.30. The zero-order valence-corrected chi connectivity index (χ0v) is 12.0. The molecule has 6 heteroatoms. The van der Waals surface area contributed by atoms with Gasteiger partial charge in [0.1, 0.15) is 0 Å². The van der Waals surface area contributed by atoms with Crippen LogP contribution in [-0.4, -0.2) is 32.8 Å². The van der Waals surface area contributed by atoms with Gasteiger partial charge in [-0.25, -0.2) is 4.79 Å². The van der Waals surface area contributed by atoms with Crippen molar-refractivity contribution in [1.29, 1.82) is 0 Å². The lowest BCUT2D eigenvalue weighted by molar-refractivity contribution is -0.147. The van der Waals surface area contributed by atoms with E-state index in [-0.39, 0.29) is 0 Å². The largest absolute Gasteiger partial charge is 0.493 e. The summed E-state index contributed by atoms with van der Waals surface area (Å²) < 4.78 is 15.5. The first-order valence-corrected chi connectivity index (χ1v) is 6.22. The quantitative estimate of drug-likeness (QED) is 0.808. The molecule has 0 heterocycles. The average Bonchev–Trinajstić information content (AvgIpc) is 2.40. The molecule has 1 unspecified atom stereocenters. The molecular weight excluding hydrogens is 270 g/mol. The first-order valence-electron chi connectivity index (χ1n) is 5.84. The van der Waals surface area contributed by atoms with Gasteiger partial charge in [-0.15, -0.1) is 0 Å². The second kappa shape index (κ2) is 7.21. The molecule has 0 aliphatic rings. The molecule has 0 radical (unpaired) electrons. The van der Waals surface area contributed by atoms with E-state index in [2.05, 4.69) is 4.74 Å². The Morgan fingerprint density at radius 1 is 1.42 bits per heavy atom. The lowest BCUT2D eigenvalue weighted by Crippen LogP contribution is -2.25. The van der Waals surface area contributed by atoms with Crippen molar-refractivity contribution >= 4 is 17.6 Å². The summed E-state index contributed by atoms with van der Waals surface area (Å²) >= 11 is 5.99. The summed E-state index contributed by atoms with van der Waals surface area (Å²) in [6.45, 7) is 2.04. The van der Waals surface area contributed by atoms with Crippen molar-refractivity contribution in [2.45, 2.75) is 19.4 Å². The van der Waals surface area contributed by atoms with E-state index in [4.69, 9.17) is 26.8 Å². The Balaban J connectivity index is 3.11. The van der Waals surface area contributed by atoms with E-state index in [9.17, 15) is 4.79 Å². The lowest BCUT2D eigenvalue weighted by atomic mass is 10.1. The Morgan fingerprint density at radius 3 is 2.63 bits per heavy atom. The Labute approximate surface area is 117 Å². The number of rotatable bonds is 6. The Bertz CT molecular complexity index is 451. The molecule has 106 valence electrons. The minimum absolute atomic E-state index is 0.437. The van der Waals surface area contributed by atoms with Gasteiger partial charge in [0.15, 0.2) is 17.6 Å². The monoisotopic (exact) mass is 287 g/mol. The van der Waals surface area contributed by atoms with E-state index in [1.54, 1.807) is 19.1 Å². The van der Waals surface area contributed by atoms with Crippen molar-refractivity contribution in [3.8, 4) is 11.5 Å². The molecule has 2 N–H and O–H groups in total. The van der Waals surface area contributed by atoms with Crippen LogP contribution in [0.1, 0.15) is 12.5 Å². The summed E-state index contributed by atoms with van der Waals surface area (Å²) in [4.78, 5) is 11.4. The number of methoxy groups -OCH3 is 2. The average molecular weight is 288 g/mol. The van der Waals surface area contributed by atoms with Crippen LogP contribution in [0.2, 0.25) is 5.02 Å². The van der Waals surface area contributed by atoms with Gasteiger partial charge >= 0.3 is 5.97 Å². The van der Waals surface area contributed by atoms with Gasteiger partial charge in [-0.3, -0.25) is 0 Å². The molecule has 19 heavy (non-hydrogen) atoms.